The average molecular weight is 398 g/mol. The Morgan fingerprint density at radius 3 is 2.81 bits per heavy atom. The maximum atomic E-state index is 12.1. The fourth-order valence-corrected chi connectivity index (χ4v) is 5.94. The summed E-state index contributed by atoms with van der Waals surface area (Å²) in [6.07, 6.45) is 0. The summed E-state index contributed by atoms with van der Waals surface area (Å²) in [5, 5.41) is 11.4. The van der Waals surface area contributed by atoms with Gasteiger partial charge in [0.05, 0.1) is 0 Å². The monoisotopic (exact) mass is 398 g/mol. The fraction of sp³-hybridized carbons (Fsp3) is 0.158. The molecule has 5 rings (SSSR count). The molecule has 1 amide bonds. The molecule has 0 unspecified atom stereocenters. The first kappa shape index (κ1) is 16.7. The zero-order valence-electron chi connectivity index (χ0n) is 13.9. The van der Waals surface area contributed by atoms with Gasteiger partial charge in [0.15, 0.2) is 0 Å². The third kappa shape index (κ3) is 2.48. The molecule has 8 heteroatoms. The van der Waals surface area contributed by atoms with Gasteiger partial charge < -0.3 is 15.3 Å². The normalized spacial score (nSPS) is 22.3. The number of carboxylic acids is 1. The van der Waals surface area contributed by atoms with Crippen LogP contribution in [0, 0.1) is 0 Å². The molecule has 2 atom stereocenters. The molecule has 3 aromatic rings. The van der Waals surface area contributed by atoms with E-state index in [9.17, 15) is 14.7 Å². The van der Waals surface area contributed by atoms with Gasteiger partial charge in [-0.15, -0.1) is 11.8 Å². The molecule has 2 aliphatic rings. The minimum absolute atomic E-state index is 0.0487. The van der Waals surface area contributed by atoms with Gasteiger partial charge in [-0.1, -0.05) is 30.0 Å². The van der Waals surface area contributed by atoms with Crippen molar-refractivity contribution >= 4 is 57.3 Å². The summed E-state index contributed by atoms with van der Waals surface area (Å²) in [4.78, 5) is 26.7. The van der Waals surface area contributed by atoms with Crippen molar-refractivity contribution in [2.24, 2.45) is 5.73 Å². The molecule has 0 bridgehead atoms. The lowest BCUT2D eigenvalue weighted by molar-refractivity contribution is -0.147. The van der Waals surface area contributed by atoms with Crippen molar-refractivity contribution in [2.45, 2.75) is 16.3 Å². The highest BCUT2D eigenvalue weighted by Gasteiger charge is 2.51. The third-order valence-corrected chi connectivity index (χ3v) is 7.32. The van der Waals surface area contributed by atoms with Crippen molar-refractivity contribution in [3.63, 3.8) is 0 Å². The number of carboxylic acid groups (broad SMARTS) is 1. The standard InChI is InChI=1S/C19H14N2O4S2/c20-15-17(22)21-16(19(23)24)14(8-26-18(15)21)27-9-5-6-13-11(7-9)10-3-1-2-4-12(10)25-13/h1-7,15,18H,8,20H2,(H,23,24)/t15-,18-/m1/s1. The highest BCUT2D eigenvalue weighted by molar-refractivity contribution is 8.06. The number of amides is 1. The quantitative estimate of drug-likeness (QED) is 0.654. The molecule has 0 saturated carbocycles. The number of hydrogen-bond acceptors (Lipinski definition) is 6. The average Bonchev–Trinajstić information content (AvgIpc) is 3.05. The second-order valence-corrected chi connectivity index (χ2v) is 8.64. The number of aliphatic carboxylic acids is 1. The molecule has 0 spiro atoms. The number of furan rings is 1. The molecule has 2 aromatic carbocycles. The summed E-state index contributed by atoms with van der Waals surface area (Å²) in [5.41, 5.74) is 7.45. The molecular formula is C19H14N2O4S2. The van der Waals surface area contributed by atoms with E-state index in [4.69, 9.17) is 10.2 Å². The molecule has 27 heavy (non-hydrogen) atoms. The van der Waals surface area contributed by atoms with Crippen LogP contribution in [-0.4, -0.2) is 39.1 Å². The summed E-state index contributed by atoms with van der Waals surface area (Å²) in [5.74, 6) is -0.921. The Hall–Kier alpha value is -2.42. The SMILES string of the molecule is N[C@@H]1C(=O)N2C(C(=O)O)=C(Sc3ccc4oc5ccccc5c4c3)CS[C@H]12. The van der Waals surface area contributed by atoms with Crippen LogP contribution >= 0.6 is 23.5 Å². The minimum atomic E-state index is -1.10. The number of benzene rings is 2. The number of nitrogens with zero attached hydrogens (tertiary/aromatic N) is 1. The van der Waals surface area contributed by atoms with E-state index in [-0.39, 0.29) is 17.0 Å². The van der Waals surface area contributed by atoms with E-state index in [1.165, 1.54) is 28.4 Å². The summed E-state index contributed by atoms with van der Waals surface area (Å²) in [6.45, 7) is 0. The van der Waals surface area contributed by atoms with Gasteiger partial charge in [0, 0.05) is 26.3 Å². The first-order valence-corrected chi connectivity index (χ1v) is 10.2. The topological polar surface area (TPSA) is 96.8 Å². The smallest absolute Gasteiger partial charge is 0.353 e. The van der Waals surface area contributed by atoms with Gasteiger partial charge in [-0.3, -0.25) is 9.69 Å². The lowest BCUT2D eigenvalue weighted by atomic mass is 10.1. The number of rotatable bonds is 3. The van der Waals surface area contributed by atoms with Crippen molar-refractivity contribution in [3.05, 3.63) is 53.1 Å². The molecule has 3 heterocycles. The second kappa shape index (κ2) is 6.05. The van der Waals surface area contributed by atoms with Crippen LogP contribution in [0.2, 0.25) is 0 Å². The first-order chi connectivity index (χ1) is 13.0. The second-order valence-electron chi connectivity index (χ2n) is 6.37. The number of para-hydroxylation sites is 1. The van der Waals surface area contributed by atoms with Crippen LogP contribution in [0.25, 0.3) is 21.9 Å². The zero-order valence-corrected chi connectivity index (χ0v) is 15.5. The van der Waals surface area contributed by atoms with Crippen LogP contribution in [0.1, 0.15) is 0 Å². The lowest BCUT2D eigenvalue weighted by Gasteiger charge is -2.47. The van der Waals surface area contributed by atoms with Crippen LogP contribution in [-0.2, 0) is 9.59 Å². The first-order valence-electron chi connectivity index (χ1n) is 8.30. The summed E-state index contributed by atoms with van der Waals surface area (Å²) in [7, 11) is 0. The van der Waals surface area contributed by atoms with E-state index in [2.05, 4.69) is 0 Å². The number of hydrogen-bond donors (Lipinski definition) is 2. The van der Waals surface area contributed by atoms with Crippen molar-refractivity contribution < 1.29 is 19.1 Å². The van der Waals surface area contributed by atoms with E-state index in [0.29, 0.717) is 10.7 Å². The summed E-state index contributed by atoms with van der Waals surface area (Å²) >= 11 is 2.87. The Balaban J connectivity index is 1.56. The minimum Gasteiger partial charge on any atom is -0.477 e. The van der Waals surface area contributed by atoms with Crippen molar-refractivity contribution in [1.29, 1.82) is 0 Å². The van der Waals surface area contributed by atoms with E-state index in [0.717, 1.165) is 26.8 Å². The van der Waals surface area contributed by atoms with Gasteiger partial charge in [-0.2, -0.15) is 0 Å². The Kier molecular flexibility index (Phi) is 3.75. The Morgan fingerprint density at radius 2 is 2.00 bits per heavy atom. The van der Waals surface area contributed by atoms with Gasteiger partial charge in [-0.25, -0.2) is 4.79 Å². The fourth-order valence-electron chi connectivity index (χ4n) is 3.48. The molecule has 0 radical (unpaired) electrons. The maximum absolute atomic E-state index is 12.1. The third-order valence-electron chi connectivity index (χ3n) is 4.77. The molecule has 1 aromatic heterocycles. The number of nitrogens with two attached hydrogens (primary N) is 1. The predicted molar refractivity (Wildman–Crippen MR) is 105 cm³/mol. The van der Waals surface area contributed by atoms with Gasteiger partial charge in [0.25, 0.3) is 0 Å². The molecule has 1 fully saturated rings. The van der Waals surface area contributed by atoms with Gasteiger partial charge in [0.1, 0.15) is 28.3 Å². The number of thioether (sulfide) groups is 2. The number of fused-ring (bicyclic) bond motifs is 4. The van der Waals surface area contributed by atoms with Gasteiger partial charge >= 0.3 is 5.97 Å². The molecule has 0 aliphatic carbocycles. The van der Waals surface area contributed by atoms with Crippen LogP contribution < -0.4 is 5.73 Å². The predicted octanol–water partition coefficient (Wildman–Crippen LogP) is 3.22. The van der Waals surface area contributed by atoms with Gasteiger partial charge in [-0.05, 0) is 24.3 Å². The summed E-state index contributed by atoms with van der Waals surface area (Å²) < 4.78 is 5.84. The van der Waals surface area contributed by atoms with Crippen molar-refractivity contribution in [3.8, 4) is 0 Å². The van der Waals surface area contributed by atoms with Crippen LogP contribution in [0.5, 0.6) is 0 Å². The van der Waals surface area contributed by atoms with E-state index >= 15 is 0 Å². The highest BCUT2D eigenvalue weighted by atomic mass is 32.2. The molecular weight excluding hydrogens is 384 g/mol. The highest BCUT2D eigenvalue weighted by Crippen LogP contribution is 2.45. The van der Waals surface area contributed by atoms with Gasteiger partial charge in [0.2, 0.25) is 5.91 Å². The number of carbonyl (C=O) groups is 2. The van der Waals surface area contributed by atoms with Crippen molar-refractivity contribution in [1.82, 2.24) is 4.90 Å². The summed E-state index contributed by atoms with van der Waals surface area (Å²) in [6, 6.07) is 13.0. The van der Waals surface area contributed by atoms with E-state index in [1.54, 1.807) is 0 Å². The largest absolute Gasteiger partial charge is 0.477 e. The number of β-lactam (4-membered cyclic amide) rings is 1. The maximum Gasteiger partial charge on any atom is 0.353 e. The molecule has 1 saturated heterocycles. The Bertz CT molecular complexity index is 1150. The molecule has 2 aliphatic heterocycles. The van der Waals surface area contributed by atoms with Crippen LogP contribution in [0.4, 0.5) is 0 Å². The number of carbonyl (C=O) groups excluding carboxylic acids is 1. The molecule has 136 valence electrons. The molecule has 6 nitrogen and oxygen atoms in total. The van der Waals surface area contributed by atoms with Crippen LogP contribution in [0.3, 0.4) is 0 Å². The van der Waals surface area contributed by atoms with E-state index < -0.39 is 12.0 Å². The Labute approximate surface area is 162 Å². The zero-order chi connectivity index (χ0) is 18.7. The van der Waals surface area contributed by atoms with Crippen LogP contribution in [0.15, 0.2) is 62.4 Å². The lowest BCUT2D eigenvalue weighted by Crippen LogP contribution is -2.68. The van der Waals surface area contributed by atoms with Crippen molar-refractivity contribution in [2.75, 3.05) is 5.75 Å². The Morgan fingerprint density at radius 1 is 1.22 bits per heavy atom. The molecule has 3 N–H and O–H groups in total. The van der Waals surface area contributed by atoms with E-state index in [1.807, 2.05) is 42.5 Å².